The second-order valence-corrected chi connectivity index (χ2v) is 30.6. The fourth-order valence-electron chi connectivity index (χ4n) is 14.6. The predicted molar refractivity (Wildman–Crippen MR) is 444 cm³/mol. The molecular formula is C95H94F9N11O5. The number of alkyl halides is 9. The van der Waals surface area contributed by atoms with Gasteiger partial charge in [-0.25, -0.2) is 0 Å². The molecule has 7 heterocycles. The van der Waals surface area contributed by atoms with Crippen LogP contribution in [0.2, 0.25) is 0 Å². The van der Waals surface area contributed by atoms with Crippen LogP contribution in [-0.2, 0) is 57.4 Å². The molecule has 4 aliphatic heterocycles. The summed E-state index contributed by atoms with van der Waals surface area (Å²) in [5.41, 5.74) is 15.3. The van der Waals surface area contributed by atoms with Crippen LogP contribution in [0.25, 0.3) is 10.9 Å². The van der Waals surface area contributed by atoms with Crippen LogP contribution >= 0.6 is 0 Å². The molecule has 120 heavy (non-hydrogen) atoms. The molecule has 0 radical (unpaired) electrons. The van der Waals surface area contributed by atoms with Crippen molar-refractivity contribution in [2.45, 2.75) is 116 Å². The number of β-amino-alcohol motifs (C(OH)–C–C–N with tert-alkyl or cyclic N) is 1. The Morgan fingerprint density at radius 1 is 0.508 bits per heavy atom. The number of Topliss-reactive ketones (excluding diaryl/α,β-unsaturated/α-hetero) is 3. The summed E-state index contributed by atoms with van der Waals surface area (Å²) in [6, 6.07) is 43.3. The lowest BCUT2D eigenvalue weighted by molar-refractivity contribution is -0.140. The van der Waals surface area contributed by atoms with Gasteiger partial charge in [0.2, 0.25) is 0 Å². The van der Waals surface area contributed by atoms with E-state index in [1.807, 2.05) is 86.1 Å². The van der Waals surface area contributed by atoms with Crippen LogP contribution in [0.1, 0.15) is 169 Å². The summed E-state index contributed by atoms with van der Waals surface area (Å²) < 4.78 is 131. The Labute approximate surface area is 693 Å². The summed E-state index contributed by atoms with van der Waals surface area (Å²) in [4.78, 5) is 56.3. The fraction of sp³-hybridized carbons (Fsp3) is 0.337. The monoisotopic (exact) mass is 1640 g/mol. The lowest BCUT2D eigenvalue weighted by atomic mass is 9.96. The normalized spacial score (nSPS) is 15.6. The number of benzene rings is 7. The Bertz CT molecular complexity index is 5470. The number of hydrogen-bond donors (Lipinski definition) is 4. The average Bonchev–Trinajstić information content (AvgIpc) is 0.817. The molecule has 3 aromatic heterocycles. The van der Waals surface area contributed by atoms with Crippen LogP contribution in [0.4, 0.5) is 39.5 Å². The minimum atomic E-state index is -4.59. The molecule has 7 aromatic carbocycles. The lowest BCUT2D eigenvalue weighted by Crippen LogP contribution is -2.46. The Morgan fingerprint density at radius 3 is 1.48 bits per heavy atom. The van der Waals surface area contributed by atoms with Crippen molar-refractivity contribution < 1.29 is 63.7 Å². The third-order valence-corrected chi connectivity index (χ3v) is 21.7. The Morgan fingerprint density at radius 2 is 0.992 bits per heavy atom. The van der Waals surface area contributed by atoms with Crippen molar-refractivity contribution in [2.24, 2.45) is 5.73 Å². The predicted octanol–water partition coefficient (Wildman–Crippen LogP) is 15.1. The molecule has 0 amide bonds. The van der Waals surface area contributed by atoms with Crippen LogP contribution in [0, 0.1) is 56.3 Å². The fourth-order valence-corrected chi connectivity index (χ4v) is 14.6. The molecular weight excluding hydrogens is 1550 g/mol. The zero-order valence-corrected chi connectivity index (χ0v) is 67.3. The zero-order valence-electron chi connectivity index (χ0n) is 67.3. The first-order valence-electron chi connectivity index (χ1n) is 40.0. The second kappa shape index (κ2) is 40.7. The topological polar surface area (TPSA) is 195 Å². The van der Waals surface area contributed by atoms with Crippen molar-refractivity contribution in [2.75, 3.05) is 92.2 Å². The second-order valence-electron chi connectivity index (χ2n) is 30.6. The number of piperazine rings is 2. The van der Waals surface area contributed by atoms with Gasteiger partial charge in [-0.05, 0) is 177 Å². The van der Waals surface area contributed by atoms with Gasteiger partial charge in [-0.1, -0.05) is 120 Å². The molecule has 4 fully saturated rings. The molecule has 4 aliphatic rings. The number of pyridine rings is 2. The van der Waals surface area contributed by atoms with Crippen molar-refractivity contribution in [1.29, 1.82) is 0 Å². The first kappa shape index (κ1) is 88.0. The Kier molecular flexibility index (Phi) is 29.8. The van der Waals surface area contributed by atoms with E-state index in [0.29, 0.717) is 121 Å². The standard InChI is InChI=1S/C33H31F3N4O2.C33H34F3N3O2.C29H29F3N4O/c1-23-6-8-26(20-25(23)10-11-27-21-37-38-31-5-3-2-4-29(27)31)32(42)19-24-7-9-28(30(18-24)33(34,35)36)22-40-14-12-39(13-15-40)16-17-41;1-22-5-9-26(20-25(22)10-6-23-7-11-30(38-21-23)29-4-3-15-37-29)31(40)19-24-8-12-32(28(18-24)33(34,35)36)41-27-13-16-39(2)17-14-27;1-20-2-6-24(16-23(20)7-3-21-5-9-26(17-33)35-18-21)28(37)15-22-4-8-25(27(14-22)29(30,31)32)19-36-12-10-34-11-13-36/h2-9,18,20-21,41H,12-17,19,22H2,1H3;5,7-9,11-12,18,20-21,27,29,37H,3-4,13-17,19H2,1-2H3;2,4-6,8-9,14,16,18,34H,10-13,15,17,19,33H2,1H3. The number of aliphatic hydroxyl groups excluding tert-OH is 1. The van der Waals surface area contributed by atoms with Crippen LogP contribution in [0.15, 0.2) is 176 Å². The number of nitrogens with zero attached hydrogens (tertiary/aromatic N) is 8. The summed E-state index contributed by atoms with van der Waals surface area (Å²) in [5, 5.41) is 24.7. The summed E-state index contributed by atoms with van der Waals surface area (Å²) in [7, 11) is 1.98. The van der Waals surface area contributed by atoms with Gasteiger partial charge in [0.25, 0.3) is 0 Å². The van der Waals surface area contributed by atoms with E-state index in [-0.39, 0.29) is 90.9 Å². The van der Waals surface area contributed by atoms with E-state index in [2.05, 4.69) is 76.1 Å². The molecule has 0 saturated carbocycles. The van der Waals surface area contributed by atoms with E-state index >= 15 is 0 Å². The van der Waals surface area contributed by atoms with Crippen molar-refractivity contribution in [3.63, 3.8) is 0 Å². The maximum atomic E-state index is 14.1. The van der Waals surface area contributed by atoms with Crippen molar-refractivity contribution in [1.82, 2.24) is 50.4 Å². The number of nitrogens with one attached hydrogen (secondary N) is 2. The van der Waals surface area contributed by atoms with Gasteiger partial charge in [0, 0.05) is 179 Å². The van der Waals surface area contributed by atoms with Crippen molar-refractivity contribution in [3.8, 4) is 41.3 Å². The van der Waals surface area contributed by atoms with Crippen LogP contribution in [0.5, 0.6) is 5.75 Å². The third-order valence-electron chi connectivity index (χ3n) is 21.7. The van der Waals surface area contributed by atoms with E-state index in [1.54, 1.807) is 91.4 Å². The number of rotatable bonds is 19. The van der Waals surface area contributed by atoms with E-state index in [4.69, 9.17) is 15.6 Å². The first-order chi connectivity index (χ1) is 57.6. The quantitative estimate of drug-likeness (QED) is 0.0339. The minimum absolute atomic E-state index is 0.0659. The lowest BCUT2D eigenvalue weighted by Gasteiger charge is -2.34. The number of hydrogen-bond acceptors (Lipinski definition) is 16. The molecule has 1 atom stereocenters. The third kappa shape index (κ3) is 24.5. The summed E-state index contributed by atoms with van der Waals surface area (Å²) in [6.45, 7) is 15.2. The molecule has 1 unspecified atom stereocenters. The number of aromatic nitrogens is 4. The minimum Gasteiger partial charge on any atom is -0.490 e. The van der Waals surface area contributed by atoms with E-state index < -0.39 is 35.2 Å². The highest BCUT2D eigenvalue weighted by atomic mass is 19.4. The largest absolute Gasteiger partial charge is 0.490 e. The Balaban J connectivity index is 0.000000165. The van der Waals surface area contributed by atoms with Crippen LogP contribution in [0.3, 0.4) is 0 Å². The van der Waals surface area contributed by atoms with Crippen molar-refractivity contribution >= 4 is 28.3 Å². The molecule has 622 valence electrons. The number of fused-ring (bicyclic) bond motifs is 1. The average molecular weight is 1640 g/mol. The molecule has 14 rings (SSSR count). The molecule has 0 aliphatic carbocycles. The smallest absolute Gasteiger partial charge is 0.419 e. The number of carbonyl (C=O) groups is 3. The first-order valence-corrected chi connectivity index (χ1v) is 40.0. The number of ether oxygens (including phenoxy) is 1. The van der Waals surface area contributed by atoms with Gasteiger partial charge >= 0.3 is 18.5 Å². The van der Waals surface area contributed by atoms with Gasteiger partial charge in [0.1, 0.15) is 11.9 Å². The number of aliphatic hydroxyl groups is 1. The van der Waals surface area contributed by atoms with Gasteiger partial charge < -0.3 is 31.1 Å². The number of piperidine rings is 1. The molecule has 5 N–H and O–H groups in total. The van der Waals surface area contributed by atoms with Gasteiger partial charge in [0.15, 0.2) is 17.3 Å². The Hall–Kier alpha value is -11.3. The summed E-state index contributed by atoms with van der Waals surface area (Å²) in [6.07, 6.45) is -5.76. The highest BCUT2D eigenvalue weighted by Gasteiger charge is 2.38. The van der Waals surface area contributed by atoms with Gasteiger partial charge in [-0.2, -0.15) is 49.7 Å². The molecule has 0 bridgehead atoms. The highest BCUT2D eigenvalue weighted by molar-refractivity contribution is 5.99. The maximum Gasteiger partial charge on any atom is 0.419 e. The number of ketones is 3. The van der Waals surface area contributed by atoms with Crippen LogP contribution in [-0.4, -0.2) is 161 Å². The van der Waals surface area contributed by atoms with Gasteiger partial charge in [0.05, 0.1) is 52.0 Å². The van der Waals surface area contributed by atoms with E-state index in [0.717, 1.165) is 108 Å². The molecule has 10 aromatic rings. The SMILES string of the molecule is Cc1ccc(C(=O)Cc2ccc(CN3CCN(CCO)CC3)c(C(F)(F)F)c2)cc1C#Cc1cnnc2ccccc12.Cc1ccc(C(=O)Cc2ccc(CN3CCNCC3)c(C(F)(F)F)c2)cc1C#Cc1ccc(CN)nc1.Cc1ccc(C(=O)Cc2ccc(OC3CCN(C)CC3)c(C(F)(F)F)c2)cc1C#Cc1ccc(C2CCCN2)nc1. The summed E-state index contributed by atoms with van der Waals surface area (Å²) >= 11 is 0. The number of carbonyl (C=O) groups excluding carboxylic acids is 3. The van der Waals surface area contributed by atoms with E-state index in [1.165, 1.54) is 18.2 Å². The number of nitrogens with two attached hydrogens (primary N) is 1. The maximum absolute atomic E-state index is 14.1. The van der Waals surface area contributed by atoms with Crippen molar-refractivity contribution in [3.05, 3.63) is 299 Å². The zero-order chi connectivity index (χ0) is 85.1. The highest BCUT2D eigenvalue weighted by Crippen LogP contribution is 2.40. The molecule has 25 heteroatoms. The molecule has 16 nitrogen and oxygen atoms in total. The summed E-state index contributed by atoms with van der Waals surface area (Å²) in [5.74, 6) is 17.6. The van der Waals surface area contributed by atoms with Gasteiger partial charge in [-0.3, -0.25) is 39.1 Å². The number of likely N-dealkylation sites (tertiary alicyclic amines) is 1. The van der Waals surface area contributed by atoms with E-state index in [9.17, 15) is 53.9 Å². The number of halogens is 9. The molecule has 0 spiro atoms. The molecule has 4 saturated heterocycles. The van der Waals surface area contributed by atoms with Crippen LogP contribution < -0.4 is 21.1 Å². The number of aryl methyl sites for hydroxylation is 3. The van der Waals surface area contributed by atoms with Gasteiger partial charge in [-0.15, -0.1) is 0 Å².